The second kappa shape index (κ2) is 136. The molecule has 0 saturated carbocycles. The molecule has 0 aliphatic heterocycles. The first-order chi connectivity index (χ1) is 36.3. The molecule has 83 heavy (non-hydrogen) atoms. The van der Waals surface area contributed by atoms with E-state index in [1.807, 2.05) is 0 Å². The summed E-state index contributed by atoms with van der Waals surface area (Å²) in [6.07, 6.45) is 0. The van der Waals surface area contributed by atoms with Gasteiger partial charge >= 0.3 is 170 Å². The maximum atomic E-state index is 8.98. The van der Waals surface area contributed by atoms with Crippen molar-refractivity contribution in [1.29, 1.82) is 0 Å². The van der Waals surface area contributed by atoms with Crippen LogP contribution in [-0.2, 0) is 133 Å². The zero-order valence-corrected chi connectivity index (χ0v) is 60.3. The standard InChI is InChI=1S/13H3O4P.3H2O4P.3Zn/c16*1-4-5(2)3;;;/h13*1-3H;3*1-2H;;;/q;;;;;;;;;;;;;3*-1;3*+2/p-3. The van der Waals surface area contributed by atoms with E-state index in [4.69, 9.17) is 241 Å². The zero-order valence-electron chi connectivity index (χ0n) is 37.0. The molecule has 0 rings (SSSR count). The van der Waals surface area contributed by atoms with Crippen LogP contribution in [0.3, 0.4) is 0 Å². The van der Waals surface area contributed by atoms with Gasteiger partial charge in [0.05, 0.1) is 25.8 Å². The summed E-state index contributed by atoms with van der Waals surface area (Å²) in [5.41, 5.74) is 0. The van der Waals surface area contributed by atoms with Crippen LogP contribution in [0.5, 0.6) is 0 Å². The van der Waals surface area contributed by atoms with Crippen LogP contribution in [-0.4, -0.2) is 210 Å². The predicted octanol–water partition coefficient (Wildman–Crippen LogP) is -10.5. The van der Waals surface area contributed by atoms with Crippen LogP contribution < -0.4 is 30.5 Å². The summed E-state index contributed by atoms with van der Waals surface area (Å²) in [4.78, 5) is 244. The summed E-state index contributed by atoms with van der Waals surface area (Å²) in [6, 6.07) is 0. The third kappa shape index (κ3) is 449. The molecule has 0 aromatic carbocycles. The predicted molar refractivity (Wildman–Crippen MR) is 227 cm³/mol. The molecule has 3 atom stereocenters. The van der Waals surface area contributed by atoms with Crippen molar-refractivity contribution in [2.75, 3.05) is 0 Å². The second-order valence-corrected chi connectivity index (χ2v) is 15.9. The van der Waals surface area contributed by atoms with Crippen LogP contribution in [0, 0.1) is 0 Å². The molecule has 512 valence electrons. The molecule has 64 nitrogen and oxygen atoms in total. The molecular weight excluding hydrogens is 1720 g/mol. The molecule has 0 fully saturated rings. The average Bonchev–Trinajstić information content (AvgIpc) is 3.40. The summed E-state index contributed by atoms with van der Waals surface area (Å²) in [5.74, 6) is 0. The Hall–Kier alpha value is 6.19. The quantitative estimate of drug-likeness (QED) is 0.0295. The Morgan fingerprint density at radius 2 is 0.181 bits per heavy atom. The van der Waals surface area contributed by atoms with Crippen LogP contribution in [0.15, 0.2) is 0 Å². The number of hydrogen-bond acceptors (Lipinski definition) is 64. The van der Waals surface area contributed by atoms with Gasteiger partial charge in [-0.25, -0.2) is 68.3 Å². The van der Waals surface area contributed by atoms with E-state index in [9.17, 15) is 0 Å². The maximum Gasteiger partial charge on any atom is 2.00 e. The fourth-order valence-corrected chi connectivity index (χ4v) is 0. The topological polar surface area (TPSA) is 1140 Å². The van der Waals surface area contributed by atoms with Crippen molar-refractivity contribution < 1.29 is 374 Å². The molecule has 83 heteroatoms. The number of hydrogen-bond donors (Lipinski definition) is 42. The van der Waals surface area contributed by atoms with Gasteiger partial charge in [-0.1, -0.05) is 0 Å². The van der Waals surface area contributed by atoms with E-state index in [0.717, 1.165) is 0 Å². The minimum atomic E-state index is -2.90. The van der Waals surface area contributed by atoms with Gasteiger partial charge in [0, 0.05) is 0 Å². The van der Waals surface area contributed by atoms with Crippen molar-refractivity contribution in [2.45, 2.75) is 0 Å². The Bertz CT molecular complexity index is 556. The molecule has 0 radical (unpaired) electrons. The molecule has 0 aromatic rings. The molecular formula is H42O64P16Zn3. The van der Waals surface area contributed by atoms with Crippen LogP contribution in [0.1, 0.15) is 0 Å². The third-order valence-corrected chi connectivity index (χ3v) is 3.42. The molecule has 3 unspecified atom stereocenters. The molecule has 0 aromatic heterocycles. The van der Waals surface area contributed by atoms with Gasteiger partial charge in [-0.05, 0) is 0 Å². The first-order valence-electron chi connectivity index (χ1n) is 12.1. The van der Waals surface area contributed by atoms with Crippen molar-refractivity contribution >= 4 is 138 Å². The summed E-state index contributed by atoms with van der Waals surface area (Å²) < 4.78 is 45.7. The molecule has 0 heterocycles. The maximum absolute atomic E-state index is 8.98. The Balaban J connectivity index is -0.0000000309. The van der Waals surface area contributed by atoms with Gasteiger partial charge in [0.2, 0.25) is 0 Å². The summed E-state index contributed by atoms with van der Waals surface area (Å²) in [6.45, 7) is 0. The van der Waals surface area contributed by atoms with Gasteiger partial charge < -0.3 is 186 Å². The smallest absolute Gasteiger partial charge is 0.787 e. The molecule has 42 N–H and O–H groups in total. The Morgan fingerprint density at radius 3 is 0.181 bits per heavy atom. The zero-order chi connectivity index (χ0) is 68.6. The minimum absolute atomic E-state index is 0. The Labute approximate surface area is 509 Å². The monoisotopic (exact) mass is 1750 g/mol. The van der Waals surface area contributed by atoms with Crippen molar-refractivity contribution in [3.63, 3.8) is 0 Å². The van der Waals surface area contributed by atoms with Crippen molar-refractivity contribution in [1.82, 2.24) is 0 Å². The SMILES string of the molecule is OOP(O)O.OOP(O)O.OOP(O)O.OOP(O)O.OOP(O)O.OOP(O)O.OOP(O)O.OOP(O)O.OOP(O)O.OOP(O)O.OOP(O)O.OOP(O)O.OOP(O)O.[O-]OP([O-])O.[O-]OP([O-])O.[O-]OP([O-])O.[Zn+2].[Zn+2].[Zn+2]. The van der Waals surface area contributed by atoms with Crippen LogP contribution in [0.4, 0.5) is 0 Å². The minimum Gasteiger partial charge on any atom is -0.787 e. The van der Waals surface area contributed by atoms with Gasteiger partial charge in [0.1, 0.15) is 0 Å². The van der Waals surface area contributed by atoms with Gasteiger partial charge in [0.25, 0.3) is 0 Å². The first kappa shape index (κ1) is 141. The number of rotatable bonds is 16. The largest absolute Gasteiger partial charge is 2.00 e. The average molecular weight is 1760 g/mol. The first-order valence-corrected chi connectivity index (χ1v) is 30.7. The van der Waals surface area contributed by atoms with E-state index in [2.05, 4.69) is 74.8 Å². The summed E-state index contributed by atoms with van der Waals surface area (Å²) in [5, 5.41) is 119. The molecule has 0 aliphatic rings. The van der Waals surface area contributed by atoms with E-state index in [1.165, 1.54) is 0 Å². The summed E-state index contributed by atoms with van der Waals surface area (Å²) >= 11 is 0. The molecule has 0 spiro atoms. The van der Waals surface area contributed by atoms with E-state index in [1.54, 1.807) is 0 Å². The van der Waals surface area contributed by atoms with Crippen molar-refractivity contribution in [2.24, 2.45) is 0 Å². The van der Waals surface area contributed by atoms with Crippen LogP contribution in [0.25, 0.3) is 0 Å². The Morgan fingerprint density at radius 1 is 0.157 bits per heavy atom. The van der Waals surface area contributed by atoms with E-state index in [-0.39, 0.29) is 58.4 Å². The van der Waals surface area contributed by atoms with Crippen LogP contribution in [0.2, 0.25) is 0 Å². The normalized spacial score (nSPS) is 10.2. The molecule has 0 aliphatic carbocycles. The Kier molecular flexibility index (Phi) is 231. The van der Waals surface area contributed by atoms with Gasteiger partial charge in [-0.15, -0.1) is 0 Å². The molecule has 0 saturated heterocycles. The fraction of sp³-hybridized carbons (Fsp3) is 0. The van der Waals surface area contributed by atoms with Crippen molar-refractivity contribution in [3.8, 4) is 0 Å². The van der Waals surface area contributed by atoms with Gasteiger partial charge in [0.15, 0.2) is 0 Å². The third-order valence-electron chi connectivity index (χ3n) is 1.14. The van der Waals surface area contributed by atoms with E-state index >= 15 is 0 Å². The van der Waals surface area contributed by atoms with Gasteiger partial charge in [-0.3, -0.25) is 0 Å². The second-order valence-electron chi connectivity index (χ2n) is 5.28. The van der Waals surface area contributed by atoms with Gasteiger partial charge in [-0.2, -0.15) is 60.8 Å². The van der Waals surface area contributed by atoms with Crippen LogP contribution >= 0.6 is 138 Å². The van der Waals surface area contributed by atoms with E-state index in [0.29, 0.717) is 0 Å². The molecule has 0 amide bonds. The molecule has 0 bridgehead atoms. The fourth-order valence-electron chi connectivity index (χ4n) is 0. The van der Waals surface area contributed by atoms with E-state index < -0.39 is 138 Å². The van der Waals surface area contributed by atoms with Crippen molar-refractivity contribution in [3.05, 3.63) is 0 Å². The summed E-state index contributed by atoms with van der Waals surface area (Å²) in [7, 11) is -41.8.